The molecule has 1 aromatic heterocycles. The molecule has 1 aromatic carbocycles. The van der Waals surface area contributed by atoms with E-state index in [9.17, 15) is 14.7 Å². The van der Waals surface area contributed by atoms with E-state index in [0.29, 0.717) is 17.1 Å². The molecule has 7 heteroatoms. The van der Waals surface area contributed by atoms with Gasteiger partial charge in [0.2, 0.25) is 0 Å². The molecule has 1 N–H and O–H groups in total. The molecule has 1 unspecified atom stereocenters. The van der Waals surface area contributed by atoms with Crippen molar-refractivity contribution in [1.82, 2.24) is 4.90 Å². The molecule has 1 aliphatic heterocycles. The fourth-order valence-electron chi connectivity index (χ4n) is 4.46. The van der Waals surface area contributed by atoms with Crippen molar-refractivity contribution in [1.29, 1.82) is 0 Å². The maximum atomic E-state index is 13.2. The topological polar surface area (TPSA) is 76.1 Å². The molecule has 1 saturated heterocycles. The van der Waals surface area contributed by atoms with E-state index >= 15 is 0 Å². The molecular weight excluding hydrogens is 402 g/mol. The number of aliphatic hydroxyl groups is 1. The lowest BCUT2D eigenvalue weighted by Crippen LogP contribution is -2.40. The monoisotopic (exact) mass is 427 g/mol. The lowest BCUT2D eigenvalue weighted by atomic mass is 9.92. The van der Waals surface area contributed by atoms with Crippen LogP contribution in [0.3, 0.4) is 0 Å². The minimum Gasteiger partial charge on any atom is -0.507 e. The van der Waals surface area contributed by atoms with Gasteiger partial charge in [0.15, 0.2) is 0 Å². The average molecular weight is 428 g/mol. The van der Waals surface area contributed by atoms with Gasteiger partial charge in [0.05, 0.1) is 31.4 Å². The normalized spacial score (nSPS) is 21.8. The lowest BCUT2D eigenvalue weighted by Gasteiger charge is -2.34. The molecule has 1 amide bonds. The first-order valence-corrected chi connectivity index (χ1v) is 11.0. The van der Waals surface area contributed by atoms with E-state index in [1.54, 1.807) is 23.1 Å². The van der Waals surface area contributed by atoms with Crippen LogP contribution in [0.2, 0.25) is 0 Å². The van der Waals surface area contributed by atoms with Crippen LogP contribution in [0.25, 0.3) is 5.76 Å². The van der Waals surface area contributed by atoms with Gasteiger partial charge in [-0.25, -0.2) is 0 Å². The third-order valence-electron chi connectivity index (χ3n) is 5.92. The van der Waals surface area contributed by atoms with E-state index in [-0.39, 0.29) is 17.4 Å². The SMILES string of the molecule is COc1ccc(OC)c(/C(O)=C2/C(=O)C(=O)N(C3CCCCC3)C2c2cccs2)c1. The van der Waals surface area contributed by atoms with Crippen LogP contribution in [0.1, 0.15) is 48.6 Å². The number of ketones is 1. The Morgan fingerprint density at radius 3 is 2.50 bits per heavy atom. The number of hydrogen-bond acceptors (Lipinski definition) is 6. The molecule has 158 valence electrons. The van der Waals surface area contributed by atoms with Gasteiger partial charge in [0, 0.05) is 10.9 Å². The van der Waals surface area contributed by atoms with Gasteiger partial charge in [0.25, 0.3) is 11.7 Å². The van der Waals surface area contributed by atoms with Crippen LogP contribution >= 0.6 is 11.3 Å². The highest BCUT2D eigenvalue weighted by molar-refractivity contribution is 7.10. The second-order valence-electron chi connectivity index (χ2n) is 7.58. The highest BCUT2D eigenvalue weighted by Crippen LogP contribution is 2.45. The summed E-state index contributed by atoms with van der Waals surface area (Å²) >= 11 is 1.48. The van der Waals surface area contributed by atoms with Crippen molar-refractivity contribution in [3.63, 3.8) is 0 Å². The molecule has 2 aliphatic rings. The van der Waals surface area contributed by atoms with Crippen LogP contribution in [-0.4, -0.2) is 42.0 Å². The number of likely N-dealkylation sites (tertiary alicyclic amines) is 1. The number of carbonyl (C=O) groups excluding carboxylic acids is 2. The summed E-state index contributed by atoms with van der Waals surface area (Å²) in [4.78, 5) is 28.8. The Bertz CT molecular complexity index is 975. The van der Waals surface area contributed by atoms with Gasteiger partial charge in [-0.05, 0) is 42.5 Å². The fraction of sp³-hybridized carbons (Fsp3) is 0.391. The van der Waals surface area contributed by atoms with Crippen LogP contribution in [0.15, 0.2) is 41.3 Å². The number of ether oxygens (including phenoxy) is 2. The Morgan fingerprint density at radius 2 is 1.87 bits per heavy atom. The molecule has 0 radical (unpaired) electrons. The van der Waals surface area contributed by atoms with Crippen LogP contribution in [0, 0.1) is 0 Å². The summed E-state index contributed by atoms with van der Waals surface area (Å²) in [6.07, 6.45) is 4.96. The van der Waals surface area contributed by atoms with Gasteiger partial charge in [-0.15, -0.1) is 11.3 Å². The largest absolute Gasteiger partial charge is 0.507 e. The Kier molecular flexibility index (Phi) is 5.81. The number of benzene rings is 1. The standard InChI is InChI=1S/C23H25NO5S/c1-28-15-10-11-17(29-2)16(13-15)21(25)19-20(18-9-6-12-30-18)24(23(27)22(19)26)14-7-4-3-5-8-14/h6,9-14,20,25H,3-5,7-8H2,1-2H3/b21-19-. The summed E-state index contributed by atoms with van der Waals surface area (Å²) < 4.78 is 10.7. The van der Waals surface area contributed by atoms with Crippen LogP contribution in [0.5, 0.6) is 11.5 Å². The van der Waals surface area contributed by atoms with Gasteiger partial charge >= 0.3 is 0 Å². The first-order chi connectivity index (χ1) is 14.6. The first-order valence-electron chi connectivity index (χ1n) is 10.1. The number of rotatable bonds is 5. The third kappa shape index (κ3) is 3.47. The fourth-order valence-corrected chi connectivity index (χ4v) is 5.29. The van der Waals surface area contributed by atoms with Gasteiger partial charge in [-0.1, -0.05) is 25.3 Å². The Labute approximate surface area is 179 Å². The maximum absolute atomic E-state index is 13.2. The van der Waals surface area contributed by atoms with E-state index in [2.05, 4.69) is 0 Å². The molecule has 0 spiro atoms. The molecule has 2 heterocycles. The number of nitrogens with zero attached hydrogens (tertiary/aromatic N) is 1. The van der Waals surface area contributed by atoms with E-state index in [1.807, 2.05) is 17.5 Å². The molecule has 6 nitrogen and oxygen atoms in total. The Balaban J connectivity index is 1.88. The van der Waals surface area contributed by atoms with Crippen molar-refractivity contribution in [3.8, 4) is 11.5 Å². The predicted octanol–water partition coefficient (Wildman–Crippen LogP) is 4.52. The zero-order valence-electron chi connectivity index (χ0n) is 17.1. The number of thiophene rings is 1. The number of hydrogen-bond donors (Lipinski definition) is 1. The van der Waals surface area contributed by atoms with Crippen molar-refractivity contribution in [2.24, 2.45) is 0 Å². The number of amides is 1. The lowest BCUT2D eigenvalue weighted by molar-refractivity contribution is -0.141. The summed E-state index contributed by atoms with van der Waals surface area (Å²) in [5, 5.41) is 13.2. The Hall–Kier alpha value is -2.80. The number of aliphatic hydroxyl groups excluding tert-OH is 1. The summed E-state index contributed by atoms with van der Waals surface area (Å²) in [6, 6.07) is 8.22. The Morgan fingerprint density at radius 1 is 1.10 bits per heavy atom. The molecule has 1 atom stereocenters. The number of carbonyl (C=O) groups is 2. The molecule has 30 heavy (non-hydrogen) atoms. The number of Topliss-reactive ketones (excluding diaryl/α,β-unsaturated/α-hetero) is 1. The van der Waals surface area contributed by atoms with Crippen molar-refractivity contribution < 1.29 is 24.2 Å². The minimum absolute atomic E-state index is 0.000181. The molecule has 0 bridgehead atoms. The van der Waals surface area contributed by atoms with Crippen molar-refractivity contribution in [2.45, 2.75) is 44.2 Å². The van der Waals surface area contributed by atoms with Crippen LogP contribution in [-0.2, 0) is 9.59 Å². The second kappa shape index (κ2) is 8.52. The van der Waals surface area contributed by atoms with E-state index in [4.69, 9.17) is 9.47 Å². The van der Waals surface area contributed by atoms with Gasteiger partial charge in [0.1, 0.15) is 17.3 Å². The van der Waals surface area contributed by atoms with Crippen molar-refractivity contribution >= 4 is 28.8 Å². The molecule has 1 saturated carbocycles. The maximum Gasteiger partial charge on any atom is 0.295 e. The molecule has 2 fully saturated rings. The van der Waals surface area contributed by atoms with Crippen molar-refractivity contribution in [3.05, 3.63) is 51.7 Å². The summed E-state index contributed by atoms with van der Waals surface area (Å²) in [5.41, 5.74) is 0.444. The average Bonchev–Trinajstić information content (AvgIpc) is 3.40. The molecular formula is C23H25NO5S. The minimum atomic E-state index is -0.652. The summed E-state index contributed by atoms with van der Waals surface area (Å²) in [5.74, 6) is -0.500. The van der Waals surface area contributed by atoms with Gasteiger partial charge in [-0.2, -0.15) is 0 Å². The van der Waals surface area contributed by atoms with Crippen LogP contribution in [0.4, 0.5) is 0 Å². The third-order valence-corrected chi connectivity index (χ3v) is 6.85. The first kappa shape index (κ1) is 20.5. The molecule has 1 aliphatic carbocycles. The van der Waals surface area contributed by atoms with Crippen molar-refractivity contribution in [2.75, 3.05) is 14.2 Å². The van der Waals surface area contributed by atoms with E-state index < -0.39 is 17.7 Å². The zero-order valence-corrected chi connectivity index (χ0v) is 17.9. The quantitative estimate of drug-likeness (QED) is 0.431. The van der Waals surface area contributed by atoms with E-state index in [0.717, 1.165) is 37.0 Å². The smallest absolute Gasteiger partial charge is 0.295 e. The van der Waals surface area contributed by atoms with Gasteiger partial charge < -0.3 is 19.5 Å². The molecule has 2 aromatic rings. The molecule has 4 rings (SSSR count). The predicted molar refractivity (Wildman–Crippen MR) is 115 cm³/mol. The highest BCUT2D eigenvalue weighted by atomic mass is 32.1. The second-order valence-corrected chi connectivity index (χ2v) is 8.56. The van der Waals surface area contributed by atoms with Gasteiger partial charge in [-0.3, -0.25) is 9.59 Å². The highest BCUT2D eigenvalue weighted by Gasteiger charge is 2.49. The zero-order chi connectivity index (χ0) is 21.3. The summed E-state index contributed by atoms with van der Waals surface area (Å²) in [7, 11) is 3.02. The van der Waals surface area contributed by atoms with Crippen LogP contribution < -0.4 is 9.47 Å². The summed E-state index contributed by atoms with van der Waals surface area (Å²) in [6.45, 7) is 0. The van der Waals surface area contributed by atoms with E-state index in [1.165, 1.54) is 25.6 Å². The number of methoxy groups -OCH3 is 2.